The van der Waals surface area contributed by atoms with E-state index in [1.165, 1.54) is 41.4 Å². The summed E-state index contributed by atoms with van der Waals surface area (Å²) in [5.41, 5.74) is 0.521. The summed E-state index contributed by atoms with van der Waals surface area (Å²) in [7, 11) is 1.87. The Balaban J connectivity index is 1.42. The Labute approximate surface area is 270 Å². The van der Waals surface area contributed by atoms with Crippen LogP contribution >= 0.6 is 0 Å². The molecule has 2 N–H and O–H groups in total. The number of hydrogen-bond donors (Lipinski definition) is 2. The second kappa shape index (κ2) is 14.0. The molecule has 0 aliphatic carbocycles. The second-order valence-corrected chi connectivity index (χ2v) is 11.3. The highest BCUT2D eigenvalue weighted by Crippen LogP contribution is 2.32. The first kappa shape index (κ1) is 33.1. The monoisotopic (exact) mass is 646 g/mol. The average Bonchev–Trinajstić information content (AvgIpc) is 3.30. The summed E-state index contributed by atoms with van der Waals surface area (Å²) < 4.78 is 20.5. The van der Waals surface area contributed by atoms with Gasteiger partial charge in [-0.2, -0.15) is 0 Å². The number of ether oxygens (including phenoxy) is 1. The minimum Gasteiger partial charge on any atom is -0.484 e. The number of halogens is 1. The highest BCUT2D eigenvalue weighted by Gasteiger charge is 2.44. The van der Waals surface area contributed by atoms with Crippen LogP contribution < -0.4 is 15.4 Å². The molecular weight excluding hydrogens is 611 g/mol. The van der Waals surface area contributed by atoms with Gasteiger partial charge in [0.1, 0.15) is 29.2 Å². The van der Waals surface area contributed by atoms with E-state index < -0.39 is 60.0 Å². The van der Waals surface area contributed by atoms with Crippen LogP contribution in [0.15, 0.2) is 48.7 Å². The number of imide groups is 2. The molecule has 3 aromatic rings. The molecule has 2 atom stereocenters. The lowest BCUT2D eigenvalue weighted by Crippen LogP contribution is -2.54. The van der Waals surface area contributed by atoms with E-state index in [1.54, 1.807) is 19.1 Å². The normalized spacial score (nSPS) is 16.7. The van der Waals surface area contributed by atoms with Crippen molar-refractivity contribution >= 4 is 46.3 Å². The van der Waals surface area contributed by atoms with Crippen LogP contribution in [0.4, 0.5) is 4.39 Å². The number of carbonyl (C=O) groups is 6. The fourth-order valence-electron chi connectivity index (χ4n) is 5.72. The van der Waals surface area contributed by atoms with Crippen molar-refractivity contribution in [2.45, 2.75) is 38.8 Å². The molecule has 0 saturated carbocycles. The standard InChI is InChI=1S/C33H35FN6O7/c1-4-35-31(44)29(21-13-14-36-28-20(21)7-6-8-24(28)34)39(16-15-38(3)5-2)27(42)18-47-19-9-10-22-23(17-19)33(46)40(32(22)45)25-11-12-26(41)37-30(25)43/h6-10,13-14,17,25,29H,4-5,11-12,15-16,18H2,1-3H3,(H,35,44)(H,37,41,43). The molecule has 47 heavy (non-hydrogen) atoms. The summed E-state index contributed by atoms with van der Waals surface area (Å²) in [6, 6.07) is 7.88. The Morgan fingerprint density at radius 1 is 1.09 bits per heavy atom. The maximum Gasteiger partial charge on any atom is 0.262 e. The van der Waals surface area contributed by atoms with Crippen molar-refractivity contribution in [3.63, 3.8) is 0 Å². The lowest BCUT2D eigenvalue weighted by atomic mass is 9.99. The number of fused-ring (bicyclic) bond motifs is 2. The SMILES string of the molecule is CCNC(=O)C(c1ccnc2c(F)cccc12)N(CCN(C)CC)C(=O)COc1ccc2c(c1)C(=O)N(C1CCC(=O)NC1=O)C2=O. The smallest absolute Gasteiger partial charge is 0.262 e. The Bertz CT molecular complexity index is 1760. The minimum atomic E-state index is -1.15. The average molecular weight is 647 g/mol. The number of nitrogens with zero attached hydrogens (tertiary/aromatic N) is 4. The third-order valence-electron chi connectivity index (χ3n) is 8.32. The molecule has 1 aromatic heterocycles. The molecule has 1 fully saturated rings. The van der Waals surface area contributed by atoms with Gasteiger partial charge in [0.25, 0.3) is 17.7 Å². The maximum absolute atomic E-state index is 14.7. The number of amides is 6. The summed E-state index contributed by atoms with van der Waals surface area (Å²) in [5, 5.41) is 5.32. The Morgan fingerprint density at radius 2 is 1.85 bits per heavy atom. The molecule has 13 nitrogen and oxygen atoms in total. The Kier molecular flexibility index (Phi) is 9.89. The first-order valence-electron chi connectivity index (χ1n) is 15.3. The van der Waals surface area contributed by atoms with Gasteiger partial charge in [0.2, 0.25) is 17.7 Å². The van der Waals surface area contributed by atoms with E-state index in [2.05, 4.69) is 15.6 Å². The van der Waals surface area contributed by atoms with Crippen molar-refractivity contribution in [3.05, 3.63) is 71.2 Å². The number of para-hydroxylation sites is 1. The van der Waals surface area contributed by atoms with E-state index in [4.69, 9.17) is 4.74 Å². The number of pyridine rings is 1. The first-order chi connectivity index (χ1) is 22.5. The van der Waals surface area contributed by atoms with E-state index in [-0.39, 0.29) is 48.3 Å². The fourth-order valence-corrected chi connectivity index (χ4v) is 5.72. The molecule has 0 bridgehead atoms. The molecule has 1 saturated heterocycles. The zero-order valence-electron chi connectivity index (χ0n) is 26.2. The van der Waals surface area contributed by atoms with Crippen molar-refractivity contribution in [2.75, 3.05) is 39.8 Å². The van der Waals surface area contributed by atoms with E-state index >= 15 is 0 Å². The number of piperidine rings is 1. The van der Waals surface area contributed by atoms with Crippen LogP contribution in [-0.2, 0) is 19.2 Å². The molecule has 2 aliphatic heterocycles. The van der Waals surface area contributed by atoms with Gasteiger partial charge in [0, 0.05) is 37.6 Å². The molecule has 246 valence electrons. The van der Waals surface area contributed by atoms with Crippen molar-refractivity contribution in [1.82, 2.24) is 30.3 Å². The van der Waals surface area contributed by atoms with E-state index in [0.29, 0.717) is 24.0 Å². The van der Waals surface area contributed by atoms with E-state index in [1.807, 2.05) is 18.9 Å². The van der Waals surface area contributed by atoms with Gasteiger partial charge in [-0.1, -0.05) is 19.1 Å². The van der Waals surface area contributed by atoms with Crippen LogP contribution in [0.3, 0.4) is 0 Å². The predicted molar refractivity (Wildman–Crippen MR) is 167 cm³/mol. The van der Waals surface area contributed by atoms with Crippen LogP contribution in [-0.4, -0.2) is 101 Å². The van der Waals surface area contributed by atoms with Crippen LogP contribution in [0.5, 0.6) is 5.75 Å². The van der Waals surface area contributed by atoms with Gasteiger partial charge in [-0.3, -0.25) is 44.0 Å². The van der Waals surface area contributed by atoms with Crippen molar-refractivity contribution in [2.24, 2.45) is 0 Å². The highest BCUT2D eigenvalue weighted by molar-refractivity contribution is 6.23. The third-order valence-corrected chi connectivity index (χ3v) is 8.32. The number of rotatable bonds is 12. The molecule has 6 amide bonds. The van der Waals surface area contributed by atoms with Gasteiger partial charge in [-0.15, -0.1) is 0 Å². The van der Waals surface area contributed by atoms with Crippen molar-refractivity contribution in [3.8, 4) is 5.75 Å². The fraction of sp³-hybridized carbons (Fsp3) is 0.364. The largest absolute Gasteiger partial charge is 0.484 e. The molecule has 2 aromatic carbocycles. The molecule has 0 radical (unpaired) electrons. The van der Waals surface area contributed by atoms with E-state index in [9.17, 15) is 33.2 Å². The topological polar surface area (TPSA) is 158 Å². The van der Waals surface area contributed by atoms with Crippen LogP contribution in [0.25, 0.3) is 10.9 Å². The molecule has 14 heteroatoms. The highest BCUT2D eigenvalue weighted by atomic mass is 19.1. The maximum atomic E-state index is 14.7. The summed E-state index contributed by atoms with van der Waals surface area (Å²) >= 11 is 0. The van der Waals surface area contributed by atoms with Gasteiger partial charge in [0.05, 0.1) is 11.1 Å². The third kappa shape index (κ3) is 6.68. The number of benzene rings is 2. The molecule has 2 aliphatic rings. The molecular formula is C33H35FN6O7. The van der Waals surface area contributed by atoms with Gasteiger partial charge in [0.15, 0.2) is 6.61 Å². The zero-order chi connectivity index (χ0) is 33.8. The van der Waals surface area contributed by atoms with Gasteiger partial charge in [-0.25, -0.2) is 4.39 Å². The van der Waals surface area contributed by atoms with Crippen LogP contribution in [0.1, 0.15) is 59.0 Å². The predicted octanol–water partition coefficient (Wildman–Crippen LogP) is 1.81. The number of carbonyl (C=O) groups excluding carboxylic acids is 6. The minimum absolute atomic E-state index is 0.00319. The van der Waals surface area contributed by atoms with Crippen LogP contribution in [0.2, 0.25) is 0 Å². The van der Waals surface area contributed by atoms with Gasteiger partial charge >= 0.3 is 0 Å². The molecule has 5 rings (SSSR count). The summed E-state index contributed by atoms with van der Waals surface area (Å²) in [6.45, 7) is 4.70. The number of nitrogens with one attached hydrogen (secondary N) is 2. The summed E-state index contributed by atoms with van der Waals surface area (Å²) in [5.74, 6) is -4.05. The molecule has 0 spiro atoms. The van der Waals surface area contributed by atoms with E-state index in [0.717, 1.165) is 4.90 Å². The molecule has 2 unspecified atom stereocenters. The number of likely N-dealkylation sites (N-methyl/N-ethyl adjacent to an activating group) is 2. The van der Waals surface area contributed by atoms with Crippen molar-refractivity contribution < 1.29 is 37.9 Å². The first-order valence-corrected chi connectivity index (χ1v) is 15.3. The zero-order valence-corrected chi connectivity index (χ0v) is 26.2. The van der Waals surface area contributed by atoms with Gasteiger partial charge < -0.3 is 19.9 Å². The van der Waals surface area contributed by atoms with Gasteiger partial charge in [-0.05, 0) is 62.8 Å². The second-order valence-electron chi connectivity index (χ2n) is 11.3. The lowest BCUT2D eigenvalue weighted by Gasteiger charge is -2.33. The Hall–Kier alpha value is -5.24. The quantitative estimate of drug-likeness (QED) is 0.280. The molecule has 3 heterocycles. The Morgan fingerprint density at radius 3 is 2.57 bits per heavy atom. The summed E-state index contributed by atoms with van der Waals surface area (Å²) in [6.07, 6.45) is 1.40. The van der Waals surface area contributed by atoms with Crippen LogP contribution in [0, 0.1) is 5.82 Å². The number of hydrogen-bond acceptors (Lipinski definition) is 9. The summed E-state index contributed by atoms with van der Waals surface area (Å²) in [4.78, 5) is 86.2. The van der Waals surface area contributed by atoms with Crippen molar-refractivity contribution in [1.29, 1.82) is 0 Å². The number of aromatic nitrogens is 1. The lowest BCUT2D eigenvalue weighted by molar-refractivity contribution is -0.142.